The first-order valence-corrected chi connectivity index (χ1v) is 21.0. The van der Waals surface area contributed by atoms with Crippen LogP contribution >= 0.6 is 0 Å². The molecule has 314 valence electrons. The number of alkyl carbamates (subject to hydrolysis) is 2. The Morgan fingerprint density at radius 1 is 0.700 bits per heavy atom. The quantitative estimate of drug-likeness (QED) is 0.114. The van der Waals surface area contributed by atoms with Crippen molar-refractivity contribution in [1.82, 2.24) is 45.4 Å². The van der Waals surface area contributed by atoms with Crippen LogP contribution in [0.5, 0.6) is 0 Å². The molecule has 2 unspecified atom stereocenters. The summed E-state index contributed by atoms with van der Waals surface area (Å²) in [7, 11) is 2.59. The van der Waals surface area contributed by atoms with Crippen molar-refractivity contribution >= 4 is 67.6 Å². The number of rotatable bonds is 9. The topological polar surface area (TPSA) is 188 Å². The molecule has 4 amide bonds. The highest BCUT2D eigenvalue weighted by Gasteiger charge is 2.38. The molecule has 5 heterocycles. The van der Waals surface area contributed by atoms with Gasteiger partial charge in [-0.3, -0.25) is 9.59 Å². The van der Waals surface area contributed by atoms with Crippen molar-refractivity contribution in [2.75, 3.05) is 27.3 Å². The number of nitrogens with zero attached hydrogens (tertiary/aromatic N) is 5. The first kappa shape index (κ1) is 40.5. The van der Waals surface area contributed by atoms with Gasteiger partial charge in [0, 0.05) is 35.8 Å². The molecule has 4 N–H and O–H groups in total. The predicted molar refractivity (Wildman–Crippen MR) is 229 cm³/mol. The molecule has 60 heavy (non-hydrogen) atoms. The second-order valence-electron chi connectivity index (χ2n) is 16.7. The number of piperidine rings is 2. The third kappa shape index (κ3) is 7.68. The second-order valence-corrected chi connectivity index (χ2v) is 16.7. The molecule has 15 nitrogen and oxygen atoms in total. The standard InChI is InChI=1S/C45H53N9O6/c1-24(2)36(51-44(57)59-5)42(55)53-19-9-7-11-34(53)40-47-31-17-14-26-21-28(13-16-29(26)38(31)49-40)33-22-27-15-18-32-39(30(27)23-46-33)50-41(48-32)35-12-8-10-20-54(35)43(56)37(25(3)4)52-45(58)60-6/h13-18,21-25,34-37,46H,7-12,19-20H2,1-6H3,(H,47,49)(H,51,57)(H,52,58)/t34?,35?,36-,37-/m0/s1. The summed E-state index contributed by atoms with van der Waals surface area (Å²) >= 11 is 0. The minimum Gasteiger partial charge on any atom is -0.453 e. The van der Waals surface area contributed by atoms with Gasteiger partial charge in [-0.05, 0) is 91.0 Å². The number of carbonyl (C=O) groups excluding carboxylic acids is 4. The monoisotopic (exact) mass is 815 g/mol. The lowest BCUT2D eigenvalue weighted by Gasteiger charge is -2.37. The van der Waals surface area contributed by atoms with Gasteiger partial charge in [0.05, 0.1) is 42.9 Å². The van der Waals surface area contributed by atoms with Gasteiger partial charge >= 0.3 is 12.2 Å². The third-order valence-electron chi connectivity index (χ3n) is 12.1. The first-order valence-electron chi connectivity index (χ1n) is 21.0. The molecule has 2 fully saturated rings. The summed E-state index contributed by atoms with van der Waals surface area (Å²) < 4.78 is 9.62. The molecule has 0 bridgehead atoms. The van der Waals surface area contributed by atoms with Crippen molar-refractivity contribution in [1.29, 1.82) is 0 Å². The van der Waals surface area contributed by atoms with Crippen LogP contribution < -0.4 is 10.6 Å². The lowest BCUT2D eigenvalue weighted by molar-refractivity contribution is -0.139. The van der Waals surface area contributed by atoms with Crippen LogP contribution in [0.25, 0.3) is 54.9 Å². The molecule has 3 aromatic carbocycles. The van der Waals surface area contributed by atoms with Crippen molar-refractivity contribution in [3.63, 3.8) is 0 Å². The van der Waals surface area contributed by atoms with E-state index >= 15 is 0 Å². The number of amides is 4. The predicted octanol–water partition coefficient (Wildman–Crippen LogP) is 7.68. The Balaban J connectivity index is 1.06. The number of fused-ring (bicyclic) bond motifs is 6. The smallest absolute Gasteiger partial charge is 0.407 e. The third-order valence-corrected chi connectivity index (χ3v) is 12.1. The van der Waals surface area contributed by atoms with E-state index in [-0.39, 0.29) is 35.7 Å². The van der Waals surface area contributed by atoms with E-state index in [1.807, 2.05) is 55.8 Å². The largest absolute Gasteiger partial charge is 0.453 e. The van der Waals surface area contributed by atoms with Crippen molar-refractivity contribution < 1.29 is 28.7 Å². The number of aromatic nitrogens is 5. The first-order chi connectivity index (χ1) is 28.9. The number of aromatic amines is 2. The molecule has 3 aromatic heterocycles. The molecule has 0 aliphatic carbocycles. The van der Waals surface area contributed by atoms with Crippen LogP contribution in [0.4, 0.5) is 9.59 Å². The molecule has 2 saturated heterocycles. The number of benzene rings is 3. The Morgan fingerprint density at radius 2 is 1.32 bits per heavy atom. The Hall–Kier alpha value is -6.25. The summed E-state index contributed by atoms with van der Waals surface area (Å²) in [4.78, 5) is 77.7. The minimum absolute atomic E-state index is 0.121. The van der Waals surface area contributed by atoms with E-state index in [0.29, 0.717) is 18.9 Å². The summed E-state index contributed by atoms with van der Waals surface area (Å²) in [5, 5.41) is 9.42. The van der Waals surface area contributed by atoms with Gasteiger partial charge in [0.15, 0.2) is 5.82 Å². The summed E-state index contributed by atoms with van der Waals surface area (Å²) in [6, 6.07) is 14.6. The van der Waals surface area contributed by atoms with Gasteiger partial charge in [-0.25, -0.2) is 24.5 Å². The maximum atomic E-state index is 13.9. The molecule has 0 saturated carbocycles. The summed E-state index contributed by atoms with van der Waals surface area (Å²) in [5.74, 6) is 0.798. The Labute approximate surface area is 348 Å². The number of carbonyl (C=O) groups is 4. The Bertz CT molecular complexity index is 2420. The van der Waals surface area contributed by atoms with Crippen LogP contribution in [0.2, 0.25) is 0 Å². The molecule has 4 atom stereocenters. The van der Waals surface area contributed by atoms with Gasteiger partial charge in [0.25, 0.3) is 0 Å². The van der Waals surface area contributed by atoms with E-state index in [0.717, 1.165) is 99.2 Å². The number of methoxy groups -OCH3 is 2. The SMILES string of the molecule is COC(=O)N[C@H](C(=O)N1CCCCC1c1nc2ccc3cc(-c4ccc5c(ccc6[nH]c(C7CCCCN7C(=O)[C@@H](NC(=O)OC)C(C)C)nc65)c4)[nH]cc3c2n1)C(C)C. The van der Waals surface area contributed by atoms with Gasteiger partial charge in [-0.2, -0.15) is 0 Å². The minimum atomic E-state index is -0.721. The number of ether oxygens (including phenoxy) is 2. The highest BCUT2D eigenvalue weighted by atomic mass is 16.5. The maximum Gasteiger partial charge on any atom is 0.407 e. The van der Waals surface area contributed by atoms with E-state index in [2.05, 4.69) is 57.0 Å². The zero-order valence-electron chi connectivity index (χ0n) is 35.0. The number of nitrogens with one attached hydrogen (secondary N) is 4. The zero-order chi connectivity index (χ0) is 42.2. The van der Waals surface area contributed by atoms with Gasteiger partial charge < -0.3 is 39.9 Å². The van der Waals surface area contributed by atoms with Gasteiger partial charge in [0.2, 0.25) is 11.8 Å². The molecule has 2 aliphatic heterocycles. The Morgan fingerprint density at radius 3 is 1.97 bits per heavy atom. The van der Waals surface area contributed by atoms with E-state index in [1.54, 1.807) is 0 Å². The molecule has 0 radical (unpaired) electrons. The number of likely N-dealkylation sites (tertiary alicyclic amines) is 2. The fraction of sp³-hybridized carbons (Fsp3) is 0.444. The fourth-order valence-corrected chi connectivity index (χ4v) is 8.87. The molecular formula is C45H53N9O6. The zero-order valence-corrected chi connectivity index (χ0v) is 35.0. The lowest BCUT2D eigenvalue weighted by Crippen LogP contribution is -2.53. The summed E-state index contributed by atoms with van der Waals surface area (Å²) in [6.45, 7) is 8.78. The highest BCUT2D eigenvalue weighted by molar-refractivity contribution is 6.07. The van der Waals surface area contributed by atoms with Gasteiger partial charge in [-0.1, -0.05) is 52.0 Å². The number of H-pyrrole nitrogens is 2. The molecule has 8 rings (SSSR count). The second kappa shape index (κ2) is 16.8. The number of imidazole rings is 2. The van der Waals surface area contributed by atoms with Crippen LogP contribution in [0.1, 0.15) is 90.0 Å². The van der Waals surface area contributed by atoms with E-state index in [4.69, 9.17) is 24.4 Å². The average Bonchev–Trinajstić information content (AvgIpc) is 3.92. The lowest BCUT2D eigenvalue weighted by atomic mass is 9.97. The van der Waals surface area contributed by atoms with Crippen LogP contribution in [0, 0.1) is 11.8 Å². The number of pyridine rings is 1. The molecule has 2 aliphatic rings. The van der Waals surface area contributed by atoms with Gasteiger partial charge in [0.1, 0.15) is 23.4 Å². The molecule has 6 aromatic rings. The van der Waals surface area contributed by atoms with Crippen molar-refractivity contribution in [3.8, 4) is 11.3 Å². The normalized spacial score (nSPS) is 18.3. The fourth-order valence-electron chi connectivity index (χ4n) is 8.87. The van der Waals surface area contributed by atoms with Crippen LogP contribution in [0.3, 0.4) is 0 Å². The van der Waals surface area contributed by atoms with Gasteiger partial charge in [-0.15, -0.1) is 0 Å². The maximum absolute atomic E-state index is 13.9. The van der Waals surface area contributed by atoms with Crippen molar-refractivity contribution in [2.24, 2.45) is 11.8 Å². The number of hydrogen-bond donors (Lipinski definition) is 4. The molecule has 15 heteroatoms. The summed E-state index contributed by atoms with van der Waals surface area (Å²) in [6.07, 6.45) is 5.89. The van der Waals surface area contributed by atoms with Crippen molar-refractivity contribution in [3.05, 3.63) is 66.4 Å². The van der Waals surface area contributed by atoms with Crippen LogP contribution in [-0.4, -0.2) is 98.1 Å². The van der Waals surface area contributed by atoms with E-state index < -0.39 is 24.3 Å². The van der Waals surface area contributed by atoms with E-state index in [9.17, 15) is 19.2 Å². The van der Waals surface area contributed by atoms with Crippen molar-refractivity contribution in [2.45, 2.75) is 90.4 Å². The molecular weight excluding hydrogens is 763 g/mol. The summed E-state index contributed by atoms with van der Waals surface area (Å²) in [5.41, 5.74) is 5.21. The number of hydrogen-bond acceptors (Lipinski definition) is 9. The molecule has 0 spiro atoms. The van der Waals surface area contributed by atoms with E-state index in [1.165, 1.54) is 14.2 Å². The average molecular weight is 816 g/mol. The highest BCUT2D eigenvalue weighted by Crippen LogP contribution is 2.37. The van der Waals surface area contributed by atoms with Crippen LogP contribution in [0.15, 0.2) is 54.7 Å². The van der Waals surface area contributed by atoms with Crippen LogP contribution in [-0.2, 0) is 19.1 Å². The Kier molecular flexibility index (Phi) is 11.3.